The molecule has 9 heteroatoms. The molecule has 2 heterocycles. The second kappa shape index (κ2) is 8.96. The first kappa shape index (κ1) is 23.5. The number of carbonyl (C=O) groups is 1. The lowest BCUT2D eigenvalue weighted by molar-refractivity contribution is 0.0683. The monoisotopic (exact) mass is 480 g/mol. The smallest absolute Gasteiger partial charge is 0.335 e. The highest BCUT2D eigenvalue weighted by Crippen LogP contribution is 2.35. The number of carboxylic acid groups (broad SMARTS) is 1. The summed E-state index contributed by atoms with van der Waals surface area (Å²) in [5.74, 6) is -1.35. The van der Waals surface area contributed by atoms with Gasteiger partial charge in [0.2, 0.25) is 0 Å². The zero-order valence-corrected chi connectivity index (χ0v) is 19.4. The van der Waals surface area contributed by atoms with Crippen molar-refractivity contribution in [3.63, 3.8) is 0 Å². The molecule has 0 radical (unpaired) electrons. The van der Waals surface area contributed by atoms with Crippen LogP contribution in [-0.2, 0) is 5.60 Å². The molecule has 0 saturated heterocycles. The Morgan fingerprint density at radius 1 is 1.06 bits per heavy atom. The molecule has 7 nitrogen and oxygen atoms in total. The minimum atomic E-state index is -1.15. The molecule has 0 spiro atoms. The maximum atomic E-state index is 14.5. The number of nitrogens with zero attached hydrogens (tertiary/aromatic N) is 3. The lowest BCUT2D eigenvalue weighted by atomic mass is 10.0. The van der Waals surface area contributed by atoms with Crippen molar-refractivity contribution in [1.29, 1.82) is 0 Å². The van der Waals surface area contributed by atoms with Crippen molar-refractivity contribution in [2.24, 2.45) is 0 Å². The molecule has 0 aliphatic carbocycles. The van der Waals surface area contributed by atoms with Gasteiger partial charge in [0.1, 0.15) is 11.4 Å². The summed E-state index contributed by atoms with van der Waals surface area (Å²) in [4.78, 5) is 24.2. The van der Waals surface area contributed by atoms with Crippen LogP contribution in [-0.4, -0.2) is 31.1 Å². The van der Waals surface area contributed by atoms with Gasteiger partial charge in [-0.3, -0.25) is 4.98 Å². The molecule has 0 saturated carbocycles. The van der Waals surface area contributed by atoms with Crippen molar-refractivity contribution in [3.8, 4) is 11.1 Å². The molecule has 2 aromatic carbocycles. The van der Waals surface area contributed by atoms with Gasteiger partial charge >= 0.3 is 5.97 Å². The summed E-state index contributed by atoms with van der Waals surface area (Å²) in [5, 5.41) is 23.6. The van der Waals surface area contributed by atoms with E-state index in [1.807, 2.05) is 18.2 Å². The highest BCUT2D eigenvalue weighted by Gasteiger charge is 2.20. The molecule has 3 N–H and O–H groups in total. The van der Waals surface area contributed by atoms with E-state index in [0.29, 0.717) is 27.4 Å². The summed E-state index contributed by atoms with van der Waals surface area (Å²) >= 11 is 6.46. The van der Waals surface area contributed by atoms with Crippen molar-refractivity contribution in [2.75, 3.05) is 5.32 Å². The number of benzene rings is 2. The van der Waals surface area contributed by atoms with Crippen molar-refractivity contribution < 1.29 is 19.4 Å². The van der Waals surface area contributed by atoms with E-state index in [1.165, 1.54) is 18.3 Å². The third-order valence-electron chi connectivity index (χ3n) is 5.42. The second-order valence-electron chi connectivity index (χ2n) is 8.47. The largest absolute Gasteiger partial charge is 0.478 e. The van der Waals surface area contributed by atoms with E-state index in [2.05, 4.69) is 20.3 Å². The Balaban J connectivity index is 1.74. The fourth-order valence-electron chi connectivity index (χ4n) is 3.59. The van der Waals surface area contributed by atoms with E-state index >= 15 is 0 Å². The van der Waals surface area contributed by atoms with Crippen LogP contribution >= 0.6 is 11.6 Å². The molecule has 1 atom stereocenters. The molecule has 0 aliphatic rings. The summed E-state index contributed by atoms with van der Waals surface area (Å²) in [6.45, 7) is 4.94. The van der Waals surface area contributed by atoms with E-state index in [-0.39, 0.29) is 11.1 Å². The number of anilines is 1. The third kappa shape index (κ3) is 4.69. The van der Waals surface area contributed by atoms with Crippen LogP contribution < -0.4 is 5.32 Å². The van der Waals surface area contributed by atoms with Gasteiger partial charge in [-0.1, -0.05) is 17.7 Å². The number of hydrogen-bond donors (Lipinski definition) is 3. The van der Waals surface area contributed by atoms with E-state index in [4.69, 9.17) is 11.6 Å². The van der Waals surface area contributed by atoms with Gasteiger partial charge < -0.3 is 15.5 Å². The standard InChI is InChI=1S/C25H22ClFN4O3/c1-13(17-9-15(23(32)33)4-6-20(17)27)31-22-18-8-14(5-7-21(18)28-12-19(22)26)16-10-29-24(30-11-16)25(2,3)34/h4-13,34H,1-3H3,(H,28,31)(H,32,33)/t13-/m1/s1. The van der Waals surface area contributed by atoms with Gasteiger partial charge in [-0.2, -0.15) is 0 Å². The Hall–Kier alpha value is -3.62. The van der Waals surface area contributed by atoms with E-state index in [0.717, 1.165) is 17.2 Å². The van der Waals surface area contributed by atoms with Gasteiger partial charge in [0.15, 0.2) is 5.82 Å². The summed E-state index contributed by atoms with van der Waals surface area (Å²) in [6, 6.07) is 8.65. The predicted molar refractivity (Wildman–Crippen MR) is 128 cm³/mol. The second-order valence-corrected chi connectivity index (χ2v) is 8.88. The maximum absolute atomic E-state index is 14.5. The third-order valence-corrected chi connectivity index (χ3v) is 5.71. The molecule has 4 aromatic rings. The molecule has 0 aliphatic heterocycles. The first-order chi connectivity index (χ1) is 16.0. The van der Waals surface area contributed by atoms with Gasteiger partial charge in [0.25, 0.3) is 0 Å². The Labute approximate surface area is 200 Å². The highest BCUT2D eigenvalue weighted by molar-refractivity contribution is 6.34. The lowest BCUT2D eigenvalue weighted by Crippen LogP contribution is -2.19. The van der Waals surface area contributed by atoms with Crippen LogP contribution in [0.15, 0.2) is 55.0 Å². The summed E-state index contributed by atoms with van der Waals surface area (Å²) in [5.41, 5.74) is 1.77. The van der Waals surface area contributed by atoms with Crippen molar-refractivity contribution in [3.05, 3.63) is 82.8 Å². The highest BCUT2D eigenvalue weighted by atomic mass is 35.5. The quantitative estimate of drug-likeness (QED) is 0.330. The Morgan fingerprint density at radius 2 is 1.76 bits per heavy atom. The minimum absolute atomic E-state index is 0.00692. The van der Waals surface area contributed by atoms with Gasteiger partial charge in [0.05, 0.1) is 27.8 Å². The first-order valence-electron chi connectivity index (χ1n) is 10.5. The number of aromatic carboxylic acids is 1. The van der Waals surface area contributed by atoms with E-state index in [9.17, 15) is 19.4 Å². The average Bonchev–Trinajstić information content (AvgIpc) is 2.80. The van der Waals surface area contributed by atoms with Gasteiger partial charge in [-0.15, -0.1) is 0 Å². The molecule has 2 aromatic heterocycles. The average molecular weight is 481 g/mol. The number of halogens is 2. The Morgan fingerprint density at radius 3 is 2.41 bits per heavy atom. The minimum Gasteiger partial charge on any atom is -0.478 e. The number of pyridine rings is 1. The lowest BCUT2D eigenvalue weighted by Gasteiger charge is -2.20. The fraction of sp³-hybridized carbons (Fsp3) is 0.200. The maximum Gasteiger partial charge on any atom is 0.335 e. The number of hydrogen-bond acceptors (Lipinski definition) is 6. The summed E-state index contributed by atoms with van der Waals surface area (Å²) in [7, 11) is 0. The number of carboxylic acids is 1. The SMILES string of the molecule is C[C@@H](Nc1c(Cl)cnc2ccc(-c3cnc(C(C)(C)O)nc3)cc12)c1cc(C(=O)O)ccc1F. The zero-order chi connectivity index (χ0) is 24.6. The molecule has 0 unspecified atom stereocenters. The predicted octanol–water partition coefficient (Wildman–Crippen LogP) is 5.58. The molecule has 4 rings (SSSR count). The van der Waals surface area contributed by atoms with Crippen LogP contribution in [0, 0.1) is 5.82 Å². The molecular formula is C25H22ClFN4O3. The number of nitrogens with one attached hydrogen (secondary N) is 1. The van der Waals surface area contributed by atoms with Crippen molar-refractivity contribution in [2.45, 2.75) is 32.4 Å². The van der Waals surface area contributed by atoms with Crippen LogP contribution in [0.3, 0.4) is 0 Å². The normalized spacial score (nSPS) is 12.5. The van der Waals surface area contributed by atoms with Crippen LogP contribution in [0.5, 0.6) is 0 Å². The summed E-state index contributed by atoms with van der Waals surface area (Å²) < 4.78 is 14.5. The topological polar surface area (TPSA) is 108 Å². The molecule has 34 heavy (non-hydrogen) atoms. The van der Waals surface area contributed by atoms with Crippen LogP contribution in [0.2, 0.25) is 5.02 Å². The first-order valence-corrected chi connectivity index (χ1v) is 10.8. The van der Waals surface area contributed by atoms with Crippen LogP contribution in [0.1, 0.15) is 48.6 Å². The van der Waals surface area contributed by atoms with Gasteiger partial charge in [0, 0.05) is 35.1 Å². The number of aromatic nitrogens is 3. The summed E-state index contributed by atoms with van der Waals surface area (Å²) in [6.07, 6.45) is 4.76. The van der Waals surface area contributed by atoms with Crippen LogP contribution in [0.4, 0.5) is 10.1 Å². The van der Waals surface area contributed by atoms with Gasteiger partial charge in [-0.05, 0) is 56.7 Å². The number of rotatable bonds is 6. The molecule has 0 bridgehead atoms. The zero-order valence-electron chi connectivity index (χ0n) is 18.7. The van der Waals surface area contributed by atoms with Crippen molar-refractivity contribution in [1.82, 2.24) is 15.0 Å². The molecule has 174 valence electrons. The van der Waals surface area contributed by atoms with Gasteiger partial charge in [-0.25, -0.2) is 19.2 Å². The van der Waals surface area contributed by atoms with Crippen LogP contribution in [0.25, 0.3) is 22.0 Å². The number of aliphatic hydroxyl groups is 1. The fourth-order valence-corrected chi connectivity index (χ4v) is 3.80. The Kier molecular flexibility index (Phi) is 6.20. The molecule has 0 amide bonds. The van der Waals surface area contributed by atoms with E-state index < -0.39 is 23.4 Å². The van der Waals surface area contributed by atoms with Crippen molar-refractivity contribution >= 4 is 34.2 Å². The molecule has 0 fully saturated rings. The Bertz CT molecular complexity index is 1390. The van der Waals surface area contributed by atoms with E-state index in [1.54, 1.807) is 33.2 Å². The molecular weight excluding hydrogens is 459 g/mol. The number of fused-ring (bicyclic) bond motifs is 1.